The van der Waals surface area contributed by atoms with E-state index >= 15 is 0 Å². The zero-order valence-corrected chi connectivity index (χ0v) is 37.1. The van der Waals surface area contributed by atoms with Crippen molar-refractivity contribution in [1.82, 2.24) is 9.97 Å². The number of nitrogens with one attached hydrogen (secondary N) is 2. The second kappa shape index (κ2) is 23.7. The van der Waals surface area contributed by atoms with E-state index in [1.165, 1.54) is 22.3 Å². The van der Waals surface area contributed by atoms with Gasteiger partial charge in [-0.3, -0.25) is 18.2 Å². The van der Waals surface area contributed by atoms with Gasteiger partial charge in [0.2, 0.25) is 0 Å². The fourth-order valence-corrected chi connectivity index (χ4v) is 8.65. The molecule has 7 nitrogen and oxygen atoms in total. The molecule has 7 rings (SSSR count). The number of benzene rings is 5. The van der Waals surface area contributed by atoms with Crippen LogP contribution in [0.15, 0.2) is 136 Å². The molecule has 0 amide bonds. The lowest BCUT2D eigenvalue weighted by atomic mass is 10.0. The highest BCUT2D eigenvalue weighted by Gasteiger charge is 2.14. The summed E-state index contributed by atoms with van der Waals surface area (Å²) in [5.74, 6) is 0. The van der Waals surface area contributed by atoms with Crippen molar-refractivity contribution in [3.05, 3.63) is 192 Å². The number of pyridine rings is 2. The van der Waals surface area contributed by atoms with E-state index in [9.17, 15) is 22.4 Å². The highest BCUT2D eigenvalue weighted by Crippen LogP contribution is 2.18. The van der Waals surface area contributed by atoms with Gasteiger partial charge in [-0.1, -0.05) is 111 Å². The van der Waals surface area contributed by atoms with Gasteiger partial charge in [0.15, 0.2) is 10.9 Å². The third-order valence-electron chi connectivity index (χ3n) is 11.6. The predicted octanol–water partition coefficient (Wildman–Crippen LogP) is 12.0. The Labute approximate surface area is 372 Å². The highest BCUT2D eigenvalue weighted by molar-refractivity contribution is 7.86. The van der Waals surface area contributed by atoms with Crippen molar-refractivity contribution in [3.63, 3.8) is 0 Å². The summed E-state index contributed by atoms with van der Waals surface area (Å²) in [6, 6.07) is 39.3. The van der Waals surface area contributed by atoms with Crippen LogP contribution in [0.2, 0.25) is 0 Å². The molecule has 0 bridgehead atoms. The molecule has 0 aliphatic rings. The molecule has 63 heavy (non-hydrogen) atoms. The zero-order valence-electron chi connectivity index (χ0n) is 36.3. The number of fused-ring (bicyclic) bond motifs is 2. The van der Waals surface area contributed by atoms with Crippen LogP contribution in [0, 0.1) is 20.8 Å². The van der Waals surface area contributed by atoms with Gasteiger partial charge < -0.3 is 9.97 Å². The number of aromatic nitrogens is 2. The van der Waals surface area contributed by atoms with Crippen LogP contribution in [0.4, 0.5) is 4.39 Å². The highest BCUT2D eigenvalue weighted by atomic mass is 32.2. The molecule has 9 heteroatoms. The van der Waals surface area contributed by atoms with Crippen LogP contribution in [0.25, 0.3) is 21.8 Å². The van der Waals surface area contributed by atoms with Crippen molar-refractivity contribution in [3.8, 4) is 0 Å². The van der Waals surface area contributed by atoms with E-state index < -0.39 is 10.1 Å². The maximum Gasteiger partial charge on any atom is 0.296 e. The Morgan fingerprint density at radius 1 is 0.492 bits per heavy atom. The van der Waals surface area contributed by atoms with Gasteiger partial charge in [0.05, 0.1) is 18.2 Å². The second-order valence-corrected chi connectivity index (χ2v) is 17.9. The SMILES string of the molecule is C.Cc1c(CCc2ccc(CCCCCF)cc2)[nH]c2ccccc2c1=O.Cc1ccc(S(=O)(=O)OCCCCCc2ccc(CCc3[nH]c4ccccc4c(=O)c3C)cc2)cc1. The number of alkyl halides is 1. The molecule has 2 aromatic heterocycles. The maximum atomic E-state index is 12.6. The average molecular weight is 871 g/mol. The molecule has 0 fully saturated rings. The number of unbranched alkanes of at least 4 members (excludes halogenated alkanes) is 4. The Kier molecular flexibility index (Phi) is 18.2. The lowest BCUT2D eigenvalue weighted by molar-refractivity contribution is 0.307. The maximum absolute atomic E-state index is 12.6. The molecule has 5 aromatic carbocycles. The minimum absolute atomic E-state index is 0. The predicted molar refractivity (Wildman–Crippen MR) is 258 cm³/mol. The van der Waals surface area contributed by atoms with Crippen LogP contribution < -0.4 is 10.9 Å². The molecule has 0 unspecified atom stereocenters. The standard InChI is InChI=1S/C30H33NO4S.C23H26FNO.CH4/c1-22-11-18-26(19-12-22)36(33,34)35-21-7-3-4-8-24-13-15-25(16-14-24)17-20-28-23(2)30(32)27-9-5-6-10-29(27)31-28;1-17-21(25-22-9-5-4-8-20(22)23(17)26)15-14-19-12-10-18(11-13-19)7-3-2-6-16-24;/h5-6,9-16,18-19H,3-4,7-8,17,20-21H2,1-2H3,(H,31,32);4-5,8-13H,2-3,6-7,14-16H2,1H3,(H,25,26);1H4. The monoisotopic (exact) mass is 870 g/mol. The molecular weight excluding hydrogens is 808 g/mol. The van der Waals surface area contributed by atoms with Crippen LogP contribution in [0.5, 0.6) is 0 Å². The summed E-state index contributed by atoms with van der Waals surface area (Å²) in [5.41, 5.74) is 11.7. The minimum atomic E-state index is -3.68. The van der Waals surface area contributed by atoms with Gasteiger partial charge in [-0.15, -0.1) is 0 Å². The first-order valence-electron chi connectivity index (χ1n) is 21.9. The smallest absolute Gasteiger partial charge is 0.296 e. The summed E-state index contributed by atoms with van der Waals surface area (Å²) in [7, 11) is -3.68. The van der Waals surface area contributed by atoms with Crippen LogP contribution in [0.3, 0.4) is 0 Å². The van der Waals surface area contributed by atoms with E-state index in [0.717, 1.165) is 114 Å². The number of hydrogen-bond donors (Lipinski definition) is 2. The number of rotatable bonds is 19. The van der Waals surface area contributed by atoms with Crippen LogP contribution in [-0.4, -0.2) is 31.7 Å². The van der Waals surface area contributed by atoms with Crippen LogP contribution in [0.1, 0.15) is 96.3 Å². The molecule has 0 aliphatic heterocycles. The van der Waals surface area contributed by atoms with E-state index in [1.807, 2.05) is 69.3 Å². The molecule has 2 N–H and O–H groups in total. The van der Waals surface area contributed by atoms with Gasteiger partial charge in [0, 0.05) is 44.3 Å². The van der Waals surface area contributed by atoms with Gasteiger partial charge in [-0.25, -0.2) is 0 Å². The molecule has 7 aromatic rings. The first kappa shape index (κ1) is 48.4. The molecule has 0 atom stereocenters. The van der Waals surface area contributed by atoms with Crippen molar-refractivity contribution >= 4 is 31.9 Å². The number of halogens is 1. The number of aryl methyl sites for hydroxylation is 7. The van der Waals surface area contributed by atoms with E-state index in [4.69, 9.17) is 4.18 Å². The Morgan fingerprint density at radius 2 is 0.905 bits per heavy atom. The summed E-state index contributed by atoms with van der Waals surface area (Å²) in [4.78, 5) is 32.2. The summed E-state index contributed by atoms with van der Waals surface area (Å²) in [6.45, 7) is 5.70. The fraction of sp³-hybridized carbons (Fsp3) is 0.333. The van der Waals surface area contributed by atoms with E-state index in [-0.39, 0.29) is 36.5 Å². The molecule has 0 saturated heterocycles. The largest absolute Gasteiger partial charge is 0.358 e. The van der Waals surface area contributed by atoms with Crippen molar-refractivity contribution in [2.45, 2.75) is 110 Å². The zero-order chi connectivity index (χ0) is 43.9. The lowest BCUT2D eigenvalue weighted by Gasteiger charge is -2.09. The number of hydrogen-bond acceptors (Lipinski definition) is 5. The molecule has 332 valence electrons. The Bertz CT molecular complexity index is 2760. The molecule has 0 aliphatic carbocycles. The molecule has 2 heterocycles. The minimum Gasteiger partial charge on any atom is -0.358 e. The normalized spacial score (nSPS) is 11.3. The summed E-state index contributed by atoms with van der Waals surface area (Å²) >= 11 is 0. The summed E-state index contributed by atoms with van der Waals surface area (Å²) in [5, 5.41) is 1.49. The summed E-state index contributed by atoms with van der Waals surface area (Å²) in [6.07, 6.45) is 10.6. The Hall–Kier alpha value is -5.64. The van der Waals surface area contributed by atoms with Gasteiger partial charge in [0.25, 0.3) is 10.1 Å². The molecule has 0 radical (unpaired) electrons. The first-order chi connectivity index (χ1) is 30.0. The Morgan fingerprint density at radius 3 is 1.35 bits per heavy atom. The topological polar surface area (TPSA) is 109 Å². The van der Waals surface area contributed by atoms with Crippen molar-refractivity contribution in [1.29, 1.82) is 0 Å². The first-order valence-corrected chi connectivity index (χ1v) is 23.3. The van der Waals surface area contributed by atoms with Gasteiger partial charge >= 0.3 is 0 Å². The molecule has 0 spiro atoms. The van der Waals surface area contributed by atoms with Crippen molar-refractivity contribution < 1.29 is 17.0 Å². The number of para-hydroxylation sites is 2. The second-order valence-electron chi connectivity index (χ2n) is 16.2. The fourth-order valence-electron chi connectivity index (χ4n) is 7.70. The molecular formula is C54H63FN2O5S. The van der Waals surface area contributed by atoms with Gasteiger partial charge in [0.1, 0.15) is 0 Å². The van der Waals surface area contributed by atoms with E-state index in [2.05, 4.69) is 58.5 Å². The van der Waals surface area contributed by atoms with Crippen LogP contribution >= 0.6 is 0 Å². The molecule has 0 saturated carbocycles. The van der Waals surface area contributed by atoms with Crippen LogP contribution in [-0.2, 0) is 52.8 Å². The van der Waals surface area contributed by atoms with E-state index in [0.29, 0.717) is 12.8 Å². The third kappa shape index (κ3) is 13.7. The van der Waals surface area contributed by atoms with E-state index in [1.54, 1.807) is 24.3 Å². The quantitative estimate of drug-likeness (QED) is 0.0621. The van der Waals surface area contributed by atoms with Crippen molar-refractivity contribution in [2.24, 2.45) is 0 Å². The van der Waals surface area contributed by atoms with Crippen molar-refractivity contribution in [2.75, 3.05) is 13.3 Å². The lowest BCUT2D eigenvalue weighted by Crippen LogP contribution is -2.12. The average Bonchev–Trinajstić information content (AvgIpc) is 3.29. The van der Waals surface area contributed by atoms with Gasteiger partial charge in [-0.2, -0.15) is 8.42 Å². The van der Waals surface area contributed by atoms with Gasteiger partial charge in [-0.05, 0) is 144 Å². The Balaban J connectivity index is 0.000000246. The number of aromatic amines is 2. The third-order valence-corrected chi connectivity index (χ3v) is 13.0. The summed E-state index contributed by atoms with van der Waals surface area (Å²) < 4.78 is 41.7. The number of H-pyrrole nitrogens is 2.